The third-order valence-electron chi connectivity index (χ3n) is 5.43. The van der Waals surface area contributed by atoms with Gasteiger partial charge in [-0.3, -0.25) is 4.68 Å². The standard InChI is InChI=1S/C23H25N3O4S2/c1-18(20-10-6-3-7-11-20)25-32(29,30)15-12-22-21-17-31(27,28)14-13-23(21)26(24-22)16-19-8-4-2-5-9-19/h2-12,15,18,25H,13-14,16-17H2,1H3/b15-12+/t18-/m0/s1. The number of rotatable bonds is 7. The second-order valence-corrected chi connectivity index (χ2v) is 11.7. The zero-order valence-electron chi connectivity index (χ0n) is 17.7. The highest BCUT2D eigenvalue weighted by Crippen LogP contribution is 2.26. The van der Waals surface area contributed by atoms with Gasteiger partial charge < -0.3 is 0 Å². The van der Waals surface area contributed by atoms with Gasteiger partial charge in [-0.25, -0.2) is 21.6 Å². The van der Waals surface area contributed by atoms with Crippen LogP contribution in [0.2, 0.25) is 0 Å². The zero-order valence-corrected chi connectivity index (χ0v) is 19.3. The van der Waals surface area contributed by atoms with Crippen molar-refractivity contribution < 1.29 is 16.8 Å². The van der Waals surface area contributed by atoms with Crippen LogP contribution in [0.15, 0.2) is 66.1 Å². The Morgan fingerprint density at radius 2 is 1.75 bits per heavy atom. The first-order valence-electron chi connectivity index (χ1n) is 10.3. The average molecular weight is 472 g/mol. The summed E-state index contributed by atoms with van der Waals surface area (Å²) < 4.78 is 54.2. The van der Waals surface area contributed by atoms with Crippen molar-refractivity contribution in [3.8, 4) is 0 Å². The lowest BCUT2D eigenvalue weighted by atomic mass is 10.1. The van der Waals surface area contributed by atoms with E-state index in [2.05, 4.69) is 9.82 Å². The first kappa shape index (κ1) is 22.4. The third kappa shape index (κ3) is 5.35. The molecule has 3 aromatic rings. The van der Waals surface area contributed by atoms with Crippen LogP contribution in [0.4, 0.5) is 0 Å². The Hall–Kier alpha value is -2.75. The summed E-state index contributed by atoms with van der Waals surface area (Å²) in [5.41, 5.74) is 3.67. The first-order chi connectivity index (χ1) is 15.2. The summed E-state index contributed by atoms with van der Waals surface area (Å²) in [5.74, 6) is -0.0667. The predicted molar refractivity (Wildman–Crippen MR) is 125 cm³/mol. The van der Waals surface area contributed by atoms with Crippen LogP contribution in [0, 0.1) is 0 Å². The molecule has 1 aliphatic rings. The lowest BCUT2D eigenvalue weighted by Crippen LogP contribution is -2.24. The molecule has 0 saturated heterocycles. The largest absolute Gasteiger partial charge is 0.264 e. The fourth-order valence-corrected chi connectivity index (χ4v) is 6.22. The molecular formula is C23H25N3O4S2. The van der Waals surface area contributed by atoms with Gasteiger partial charge >= 0.3 is 0 Å². The van der Waals surface area contributed by atoms with Gasteiger partial charge in [0, 0.05) is 29.1 Å². The van der Waals surface area contributed by atoms with Crippen LogP contribution in [0.5, 0.6) is 0 Å². The molecule has 7 nitrogen and oxygen atoms in total. The number of benzene rings is 2. The second-order valence-electron chi connectivity index (χ2n) is 7.89. The number of nitrogens with zero attached hydrogens (tertiary/aromatic N) is 2. The zero-order chi connectivity index (χ0) is 22.8. The van der Waals surface area contributed by atoms with E-state index in [1.165, 1.54) is 6.08 Å². The van der Waals surface area contributed by atoms with E-state index in [1.54, 1.807) is 11.6 Å². The highest BCUT2D eigenvalue weighted by molar-refractivity contribution is 7.92. The highest BCUT2D eigenvalue weighted by Gasteiger charge is 2.28. The van der Waals surface area contributed by atoms with Crippen LogP contribution in [-0.2, 0) is 38.6 Å². The van der Waals surface area contributed by atoms with Crippen LogP contribution in [0.1, 0.15) is 41.0 Å². The van der Waals surface area contributed by atoms with E-state index in [1.807, 2.05) is 60.7 Å². The normalized spacial score (nSPS) is 16.7. The summed E-state index contributed by atoms with van der Waals surface area (Å²) in [4.78, 5) is 0. The van der Waals surface area contributed by atoms with E-state index < -0.39 is 25.9 Å². The monoisotopic (exact) mass is 471 g/mol. The summed E-state index contributed by atoms with van der Waals surface area (Å²) in [6, 6.07) is 18.6. The molecule has 0 radical (unpaired) electrons. The number of fused-ring (bicyclic) bond motifs is 1. The fourth-order valence-electron chi connectivity index (χ4n) is 3.81. The van der Waals surface area contributed by atoms with E-state index in [4.69, 9.17) is 0 Å². The molecule has 0 unspecified atom stereocenters. The van der Waals surface area contributed by atoms with Crippen molar-refractivity contribution in [2.45, 2.75) is 31.7 Å². The van der Waals surface area contributed by atoms with E-state index in [0.29, 0.717) is 24.2 Å². The van der Waals surface area contributed by atoms with Crippen LogP contribution < -0.4 is 4.72 Å². The highest BCUT2D eigenvalue weighted by atomic mass is 32.2. The Labute approximate surface area is 188 Å². The molecule has 32 heavy (non-hydrogen) atoms. The Bertz CT molecular complexity index is 1330. The molecule has 0 bridgehead atoms. The molecule has 168 valence electrons. The minimum absolute atomic E-state index is 0.0675. The smallest absolute Gasteiger partial charge is 0.234 e. The van der Waals surface area contributed by atoms with Gasteiger partial charge in [0.05, 0.1) is 23.7 Å². The molecule has 9 heteroatoms. The Morgan fingerprint density at radius 3 is 2.44 bits per heavy atom. The minimum Gasteiger partial charge on any atom is -0.264 e. The number of sulfone groups is 1. The number of sulfonamides is 1. The fraction of sp³-hybridized carbons (Fsp3) is 0.261. The number of hydrogen-bond acceptors (Lipinski definition) is 5. The van der Waals surface area contributed by atoms with Crippen LogP contribution in [-0.4, -0.2) is 32.4 Å². The van der Waals surface area contributed by atoms with Gasteiger partial charge in [0.15, 0.2) is 9.84 Å². The van der Waals surface area contributed by atoms with E-state index in [0.717, 1.165) is 22.2 Å². The lowest BCUT2D eigenvalue weighted by Gasteiger charge is -2.15. The van der Waals surface area contributed by atoms with Crippen molar-refractivity contribution in [1.29, 1.82) is 0 Å². The summed E-state index contributed by atoms with van der Waals surface area (Å²) in [6.07, 6.45) is 1.75. The van der Waals surface area contributed by atoms with Crippen LogP contribution in [0.3, 0.4) is 0 Å². The topological polar surface area (TPSA) is 98.1 Å². The van der Waals surface area contributed by atoms with E-state index in [9.17, 15) is 16.8 Å². The van der Waals surface area contributed by atoms with Crippen LogP contribution >= 0.6 is 0 Å². The summed E-state index contributed by atoms with van der Waals surface area (Å²) in [7, 11) is -7.00. The molecule has 0 spiro atoms. The van der Waals surface area contributed by atoms with Gasteiger partial charge in [-0.15, -0.1) is 0 Å². The Kier molecular flexibility index (Phi) is 6.32. The molecule has 2 aromatic carbocycles. The predicted octanol–water partition coefficient (Wildman–Crippen LogP) is 3.05. The lowest BCUT2D eigenvalue weighted by molar-refractivity contribution is 0.576. The molecule has 0 amide bonds. The first-order valence-corrected chi connectivity index (χ1v) is 13.7. The van der Waals surface area contributed by atoms with E-state index in [-0.39, 0.29) is 11.5 Å². The quantitative estimate of drug-likeness (QED) is 0.571. The van der Waals surface area contributed by atoms with Crippen molar-refractivity contribution in [3.05, 3.63) is 94.1 Å². The van der Waals surface area contributed by atoms with Gasteiger partial charge in [-0.1, -0.05) is 60.7 Å². The molecule has 0 aliphatic carbocycles. The van der Waals surface area contributed by atoms with Crippen molar-refractivity contribution in [2.24, 2.45) is 0 Å². The second kappa shape index (κ2) is 9.01. The molecule has 1 aliphatic heterocycles. The van der Waals surface area contributed by atoms with Crippen molar-refractivity contribution >= 4 is 25.9 Å². The van der Waals surface area contributed by atoms with Crippen molar-refractivity contribution in [1.82, 2.24) is 14.5 Å². The summed E-state index contributed by atoms with van der Waals surface area (Å²) in [5, 5.41) is 5.62. The SMILES string of the molecule is C[C@H](NS(=O)(=O)/C=C/c1nn(Cc2ccccc2)c2c1CS(=O)(=O)CC2)c1ccccc1. The Balaban J connectivity index is 1.61. The van der Waals surface area contributed by atoms with Gasteiger partial charge in [0.25, 0.3) is 0 Å². The van der Waals surface area contributed by atoms with E-state index >= 15 is 0 Å². The maximum Gasteiger partial charge on any atom is 0.234 e. The maximum absolute atomic E-state index is 12.6. The number of aromatic nitrogens is 2. The van der Waals surface area contributed by atoms with Gasteiger partial charge in [-0.05, 0) is 24.1 Å². The third-order valence-corrected chi connectivity index (χ3v) is 8.16. The molecule has 4 rings (SSSR count). The molecule has 1 aromatic heterocycles. The Morgan fingerprint density at radius 1 is 1.09 bits per heavy atom. The average Bonchev–Trinajstić information content (AvgIpc) is 3.08. The molecule has 1 atom stereocenters. The minimum atomic E-state index is -3.76. The van der Waals surface area contributed by atoms with Gasteiger partial charge in [0.2, 0.25) is 10.0 Å². The maximum atomic E-state index is 12.6. The number of nitrogens with one attached hydrogen (secondary N) is 1. The summed E-state index contributed by atoms with van der Waals surface area (Å²) >= 11 is 0. The molecular weight excluding hydrogens is 446 g/mol. The summed E-state index contributed by atoms with van der Waals surface area (Å²) in [6.45, 7) is 2.26. The molecule has 0 fully saturated rings. The van der Waals surface area contributed by atoms with Gasteiger partial charge in [0.1, 0.15) is 0 Å². The molecule has 2 heterocycles. The van der Waals surface area contributed by atoms with Crippen molar-refractivity contribution in [2.75, 3.05) is 5.75 Å². The number of hydrogen-bond donors (Lipinski definition) is 1. The van der Waals surface area contributed by atoms with Crippen molar-refractivity contribution in [3.63, 3.8) is 0 Å². The molecule has 0 saturated carbocycles. The molecule has 1 N–H and O–H groups in total. The van der Waals surface area contributed by atoms with Gasteiger partial charge in [-0.2, -0.15) is 5.10 Å². The van der Waals surface area contributed by atoms with Crippen LogP contribution in [0.25, 0.3) is 6.08 Å².